The van der Waals surface area contributed by atoms with Crippen molar-refractivity contribution in [3.63, 3.8) is 0 Å². The van der Waals surface area contributed by atoms with Gasteiger partial charge in [0.05, 0.1) is 15.6 Å². The Labute approximate surface area is 133 Å². The molecule has 1 unspecified atom stereocenters. The topological polar surface area (TPSA) is 75.4 Å². The summed E-state index contributed by atoms with van der Waals surface area (Å²) >= 11 is 11.9. The number of anilines is 1. The molecule has 1 aliphatic heterocycles. The molecule has 5 nitrogen and oxygen atoms in total. The van der Waals surface area contributed by atoms with Crippen LogP contribution in [0.2, 0.25) is 10.0 Å². The van der Waals surface area contributed by atoms with Gasteiger partial charge in [0.1, 0.15) is 0 Å². The van der Waals surface area contributed by atoms with Crippen LogP contribution < -0.4 is 11.1 Å². The number of hydrogen-bond acceptors (Lipinski definition) is 3. The van der Waals surface area contributed by atoms with Gasteiger partial charge in [0.2, 0.25) is 5.91 Å². The first-order chi connectivity index (χ1) is 9.88. The zero-order valence-electron chi connectivity index (χ0n) is 11.7. The van der Waals surface area contributed by atoms with Crippen LogP contribution in [0.5, 0.6) is 0 Å². The van der Waals surface area contributed by atoms with Crippen molar-refractivity contribution < 1.29 is 9.59 Å². The van der Waals surface area contributed by atoms with Gasteiger partial charge in [-0.3, -0.25) is 9.59 Å². The van der Waals surface area contributed by atoms with E-state index in [2.05, 4.69) is 5.32 Å². The molecule has 1 fully saturated rings. The first kappa shape index (κ1) is 15.9. The lowest BCUT2D eigenvalue weighted by molar-refractivity contribution is -0.127. The number of rotatable bonds is 4. The average molecular weight is 330 g/mol. The monoisotopic (exact) mass is 329 g/mol. The van der Waals surface area contributed by atoms with Crippen LogP contribution >= 0.6 is 23.2 Å². The molecule has 1 saturated heterocycles. The number of likely N-dealkylation sites (tertiary alicyclic amines) is 1. The molecule has 0 saturated carbocycles. The van der Waals surface area contributed by atoms with Gasteiger partial charge in [0.15, 0.2) is 0 Å². The molecule has 3 N–H and O–H groups in total. The highest BCUT2D eigenvalue weighted by Gasteiger charge is 2.23. The Hall–Kier alpha value is -1.46. The molecule has 7 heteroatoms. The highest BCUT2D eigenvalue weighted by molar-refractivity contribution is 6.44. The molecular formula is C14H17Cl2N3O2. The summed E-state index contributed by atoms with van der Waals surface area (Å²) in [5.41, 5.74) is 6.28. The van der Waals surface area contributed by atoms with Gasteiger partial charge in [-0.25, -0.2) is 0 Å². The molecule has 1 atom stereocenters. The third-order valence-electron chi connectivity index (χ3n) is 3.34. The van der Waals surface area contributed by atoms with Crippen LogP contribution in [-0.2, 0) is 4.79 Å². The van der Waals surface area contributed by atoms with Crippen molar-refractivity contribution >= 4 is 40.7 Å². The fraction of sp³-hybridized carbons (Fsp3) is 0.429. The number of carbonyl (C=O) groups excluding carboxylic acids is 2. The van der Waals surface area contributed by atoms with E-state index in [1.54, 1.807) is 4.90 Å². The number of nitrogen functional groups attached to an aromatic ring is 1. The molecule has 1 heterocycles. The summed E-state index contributed by atoms with van der Waals surface area (Å²) in [6.45, 7) is 3.06. The summed E-state index contributed by atoms with van der Waals surface area (Å²) in [6, 6.07) is 2.79. The van der Waals surface area contributed by atoms with Gasteiger partial charge in [-0.1, -0.05) is 23.2 Å². The minimum Gasteiger partial charge on any atom is -0.399 e. The molecule has 0 spiro atoms. The summed E-state index contributed by atoms with van der Waals surface area (Å²) in [7, 11) is 0. The van der Waals surface area contributed by atoms with Crippen molar-refractivity contribution in [2.45, 2.75) is 25.8 Å². The molecule has 0 aliphatic carbocycles. The van der Waals surface area contributed by atoms with Gasteiger partial charge < -0.3 is 16.0 Å². The Balaban J connectivity index is 2.02. The molecule has 1 aromatic carbocycles. The summed E-state index contributed by atoms with van der Waals surface area (Å²) in [5, 5.41) is 3.22. The lowest BCUT2D eigenvalue weighted by Gasteiger charge is -2.22. The van der Waals surface area contributed by atoms with E-state index >= 15 is 0 Å². The zero-order valence-corrected chi connectivity index (χ0v) is 13.2. The van der Waals surface area contributed by atoms with Crippen molar-refractivity contribution in [1.82, 2.24) is 10.2 Å². The maximum Gasteiger partial charge on any atom is 0.253 e. The van der Waals surface area contributed by atoms with E-state index < -0.39 is 0 Å². The largest absolute Gasteiger partial charge is 0.399 e. The number of benzene rings is 1. The molecule has 114 valence electrons. The Morgan fingerprint density at radius 3 is 2.81 bits per heavy atom. The predicted molar refractivity (Wildman–Crippen MR) is 83.6 cm³/mol. The van der Waals surface area contributed by atoms with Gasteiger partial charge in [-0.2, -0.15) is 0 Å². The van der Waals surface area contributed by atoms with Crippen LogP contribution in [0, 0.1) is 0 Å². The summed E-state index contributed by atoms with van der Waals surface area (Å²) in [4.78, 5) is 25.5. The normalized spacial score (nSPS) is 16.1. The number of hydrogen-bond donors (Lipinski definition) is 2. The molecule has 0 bridgehead atoms. The molecular weight excluding hydrogens is 313 g/mol. The molecule has 2 rings (SSSR count). The molecule has 0 aromatic heterocycles. The minimum absolute atomic E-state index is 0.126. The van der Waals surface area contributed by atoms with Crippen LogP contribution in [0.1, 0.15) is 30.1 Å². The highest BCUT2D eigenvalue weighted by Crippen LogP contribution is 2.28. The number of nitrogens with one attached hydrogen (secondary N) is 1. The third-order valence-corrected chi connectivity index (χ3v) is 4.14. The molecule has 0 radical (unpaired) electrons. The van der Waals surface area contributed by atoms with Gasteiger partial charge >= 0.3 is 0 Å². The second-order valence-electron chi connectivity index (χ2n) is 5.18. The van der Waals surface area contributed by atoms with E-state index in [1.165, 1.54) is 12.1 Å². The molecule has 21 heavy (non-hydrogen) atoms. The maximum atomic E-state index is 12.2. The van der Waals surface area contributed by atoms with Crippen LogP contribution in [0.3, 0.4) is 0 Å². The van der Waals surface area contributed by atoms with Gasteiger partial charge in [0, 0.05) is 31.2 Å². The number of carbonyl (C=O) groups is 2. The van der Waals surface area contributed by atoms with E-state index in [9.17, 15) is 9.59 Å². The second-order valence-corrected chi connectivity index (χ2v) is 5.97. The summed E-state index contributed by atoms with van der Waals surface area (Å²) in [6.07, 6.45) is 1.45. The lowest BCUT2D eigenvalue weighted by Crippen LogP contribution is -2.42. The Morgan fingerprint density at radius 1 is 1.48 bits per heavy atom. The smallest absolute Gasteiger partial charge is 0.253 e. The fourth-order valence-corrected chi connectivity index (χ4v) is 2.77. The first-order valence-corrected chi connectivity index (χ1v) is 7.47. The number of nitrogens with zero attached hydrogens (tertiary/aromatic N) is 1. The van der Waals surface area contributed by atoms with E-state index in [1.807, 2.05) is 6.92 Å². The Bertz CT molecular complexity index is 578. The predicted octanol–water partition coefficient (Wildman–Crippen LogP) is 2.32. The van der Waals surface area contributed by atoms with E-state index in [-0.39, 0.29) is 33.5 Å². The molecule has 1 aliphatic rings. The van der Waals surface area contributed by atoms with Gasteiger partial charge in [0.25, 0.3) is 5.91 Å². The summed E-state index contributed by atoms with van der Waals surface area (Å²) in [5.74, 6) is -0.227. The van der Waals surface area contributed by atoms with Gasteiger partial charge in [-0.15, -0.1) is 0 Å². The van der Waals surface area contributed by atoms with Crippen molar-refractivity contribution in [1.29, 1.82) is 0 Å². The number of halogens is 2. The van der Waals surface area contributed by atoms with Crippen molar-refractivity contribution in [3.05, 3.63) is 27.7 Å². The van der Waals surface area contributed by atoms with Crippen molar-refractivity contribution in [2.24, 2.45) is 0 Å². The SMILES string of the molecule is CC(CN1CCCC1=O)NC(=O)c1cc(N)cc(Cl)c1Cl. The van der Waals surface area contributed by atoms with E-state index in [0.717, 1.165) is 13.0 Å². The third kappa shape index (κ3) is 3.80. The van der Waals surface area contributed by atoms with E-state index in [4.69, 9.17) is 28.9 Å². The lowest BCUT2D eigenvalue weighted by atomic mass is 10.1. The van der Waals surface area contributed by atoms with Crippen LogP contribution in [0.4, 0.5) is 5.69 Å². The Kier molecular flexibility index (Phi) is 4.96. The highest BCUT2D eigenvalue weighted by atomic mass is 35.5. The van der Waals surface area contributed by atoms with Crippen molar-refractivity contribution in [2.75, 3.05) is 18.8 Å². The standard InChI is InChI=1S/C14H17Cl2N3O2/c1-8(7-19-4-2-3-12(19)20)18-14(21)10-5-9(17)6-11(15)13(10)16/h5-6,8H,2-4,7,17H2,1H3,(H,18,21). The Morgan fingerprint density at radius 2 is 2.19 bits per heavy atom. The maximum absolute atomic E-state index is 12.2. The zero-order chi connectivity index (χ0) is 15.6. The quantitative estimate of drug-likeness (QED) is 0.832. The first-order valence-electron chi connectivity index (χ1n) is 6.71. The van der Waals surface area contributed by atoms with Crippen LogP contribution in [-0.4, -0.2) is 35.8 Å². The van der Waals surface area contributed by atoms with Crippen LogP contribution in [0.25, 0.3) is 0 Å². The summed E-state index contributed by atoms with van der Waals surface area (Å²) < 4.78 is 0. The number of amides is 2. The number of nitrogens with two attached hydrogens (primary N) is 1. The fourth-order valence-electron chi connectivity index (χ4n) is 2.35. The molecule has 1 aromatic rings. The van der Waals surface area contributed by atoms with Gasteiger partial charge in [-0.05, 0) is 25.5 Å². The second kappa shape index (κ2) is 6.54. The van der Waals surface area contributed by atoms with Crippen molar-refractivity contribution in [3.8, 4) is 0 Å². The van der Waals surface area contributed by atoms with Crippen LogP contribution in [0.15, 0.2) is 12.1 Å². The van der Waals surface area contributed by atoms with E-state index in [0.29, 0.717) is 18.7 Å². The molecule has 2 amide bonds. The minimum atomic E-state index is -0.353. The average Bonchev–Trinajstić information content (AvgIpc) is 2.79.